The maximum atomic E-state index is 15.2. The van der Waals surface area contributed by atoms with Gasteiger partial charge in [0.15, 0.2) is 0 Å². The van der Waals surface area contributed by atoms with E-state index in [1.54, 1.807) is 6.07 Å². The zero-order valence-corrected chi connectivity index (χ0v) is 18.1. The molecule has 2 aromatic rings. The zero-order chi connectivity index (χ0) is 22.7. The molecule has 1 saturated heterocycles. The Balaban J connectivity index is 2.05. The number of amides is 1. The van der Waals surface area contributed by atoms with Gasteiger partial charge in [0.1, 0.15) is 23.1 Å². The van der Waals surface area contributed by atoms with Gasteiger partial charge in [-0.15, -0.1) is 0 Å². The van der Waals surface area contributed by atoms with Crippen LogP contribution in [0.25, 0.3) is 0 Å². The van der Waals surface area contributed by atoms with E-state index in [-0.39, 0.29) is 21.7 Å². The van der Waals surface area contributed by atoms with E-state index in [1.165, 1.54) is 30.3 Å². The summed E-state index contributed by atoms with van der Waals surface area (Å²) in [6, 6.07) is 6.67. The van der Waals surface area contributed by atoms with Crippen LogP contribution in [0.3, 0.4) is 0 Å². The Labute approximate surface area is 183 Å². The first kappa shape index (κ1) is 21.7. The molecule has 0 aromatic heterocycles. The van der Waals surface area contributed by atoms with Crippen molar-refractivity contribution in [2.75, 3.05) is 5.32 Å². The summed E-state index contributed by atoms with van der Waals surface area (Å²) in [5, 5.41) is 15.5. The van der Waals surface area contributed by atoms with Crippen LogP contribution < -0.4 is 10.6 Å². The molecule has 2 aromatic carbocycles. The number of carbonyl (C=O) groups is 2. The smallest absolute Gasteiger partial charge is 0.321 e. The third-order valence-corrected chi connectivity index (χ3v) is 6.52. The molecule has 1 amide bonds. The highest BCUT2D eigenvalue weighted by atomic mass is 35.5. The van der Waals surface area contributed by atoms with E-state index < -0.39 is 46.9 Å². The van der Waals surface area contributed by atoms with E-state index in [0.717, 1.165) is 0 Å². The number of hydrogen-bond donors (Lipinski definition) is 3. The van der Waals surface area contributed by atoms with Crippen molar-refractivity contribution in [3.05, 3.63) is 64.2 Å². The van der Waals surface area contributed by atoms with Crippen molar-refractivity contribution in [1.29, 1.82) is 0 Å². The van der Waals surface area contributed by atoms with Crippen LogP contribution >= 0.6 is 11.6 Å². The van der Waals surface area contributed by atoms with E-state index in [0.29, 0.717) is 12.0 Å². The standard InChI is InChI=1S/C23H23ClF2N2O3/c1-22(2,3)10-15-23(12-7-5-9-14(25)18(12)28-21(23)31)16(19(27-15)20(29)30)11-6-4-8-13(24)17(11)26/h4-9,15-16,19,27H,10H2,1-3H3,(H,28,31)(H,29,30). The molecule has 8 heteroatoms. The number of para-hydroxylation sites is 1. The number of benzene rings is 2. The third-order valence-electron chi connectivity index (χ3n) is 6.23. The van der Waals surface area contributed by atoms with Gasteiger partial charge in [-0.2, -0.15) is 0 Å². The Morgan fingerprint density at radius 3 is 2.52 bits per heavy atom. The van der Waals surface area contributed by atoms with Crippen molar-refractivity contribution in [2.24, 2.45) is 5.41 Å². The predicted molar refractivity (Wildman–Crippen MR) is 113 cm³/mol. The highest BCUT2D eigenvalue weighted by Gasteiger charge is 2.66. The molecule has 5 nitrogen and oxygen atoms in total. The molecule has 164 valence electrons. The van der Waals surface area contributed by atoms with Crippen molar-refractivity contribution >= 4 is 29.2 Å². The van der Waals surface area contributed by atoms with Gasteiger partial charge in [0, 0.05) is 12.0 Å². The van der Waals surface area contributed by atoms with E-state index in [1.807, 2.05) is 20.8 Å². The van der Waals surface area contributed by atoms with Crippen molar-refractivity contribution in [2.45, 2.75) is 50.6 Å². The van der Waals surface area contributed by atoms with Gasteiger partial charge in [0.25, 0.3) is 0 Å². The molecule has 1 fully saturated rings. The van der Waals surface area contributed by atoms with Gasteiger partial charge in [-0.3, -0.25) is 14.9 Å². The number of carboxylic acid groups (broad SMARTS) is 1. The van der Waals surface area contributed by atoms with Crippen LogP contribution in [0.4, 0.5) is 14.5 Å². The van der Waals surface area contributed by atoms with Crippen molar-refractivity contribution in [1.82, 2.24) is 5.32 Å². The molecule has 4 atom stereocenters. The van der Waals surface area contributed by atoms with Gasteiger partial charge >= 0.3 is 5.97 Å². The van der Waals surface area contributed by atoms with Crippen molar-refractivity contribution in [3.8, 4) is 0 Å². The normalized spacial score (nSPS) is 27.4. The molecule has 31 heavy (non-hydrogen) atoms. The van der Waals surface area contributed by atoms with Crippen molar-refractivity contribution in [3.63, 3.8) is 0 Å². The fourth-order valence-corrected chi connectivity index (χ4v) is 5.33. The van der Waals surface area contributed by atoms with Crippen LogP contribution in [-0.2, 0) is 15.0 Å². The van der Waals surface area contributed by atoms with Gasteiger partial charge in [-0.25, -0.2) is 8.78 Å². The Morgan fingerprint density at radius 1 is 1.19 bits per heavy atom. The number of fused-ring (bicyclic) bond motifs is 2. The van der Waals surface area contributed by atoms with Crippen LogP contribution in [0.2, 0.25) is 5.02 Å². The Bertz CT molecular complexity index is 1080. The summed E-state index contributed by atoms with van der Waals surface area (Å²) < 4.78 is 29.9. The number of nitrogens with one attached hydrogen (secondary N) is 2. The lowest BCUT2D eigenvalue weighted by Gasteiger charge is -2.37. The van der Waals surface area contributed by atoms with E-state index in [9.17, 15) is 19.1 Å². The average molecular weight is 449 g/mol. The molecule has 1 spiro atoms. The maximum absolute atomic E-state index is 15.2. The Kier molecular flexibility index (Phi) is 5.10. The SMILES string of the molecule is CC(C)(C)CC1NC(C(=O)O)C(c2cccc(Cl)c2F)C12C(=O)Nc1c(F)cccc12. The third kappa shape index (κ3) is 3.22. The summed E-state index contributed by atoms with van der Waals surface area (Å²) in [7, 11) is 0. The molecule has 0 aliphatic carbocycles. The fourth-order valence-electron chi connectivity index (χ4n) is 5.15. The topological polar surface area (TPSA) is 78.4 Å². The molecular formula is C23H23ClF2N2O3. The summed E-state index contributed by atoms with van der Waals surface area (Å²) in [6.45, 7) is 5.89. The van der Waals surface area contributed by atoms with Gasteiger partial charge in [-0.1, -0.05) is 56.6 Å². The minimum Gasteiger partial charge on any atom is -0.480 e. The van der Waals surface area contributed by atoms with Crippen LogP contribution in [-0.4, -0.2) is 29.1 Å². The average Bonchev–Trinajstić information content (AvgIpc) is 3.15. The maximum Gasteiger partial charge on any atom is 0.321 e. The highest BCUT2D eigenvalue weighted by Crippen LogP contribution is 2.57. The molecule has 2 aliphatic heterocycles. The zero-order valence-electron chi connectivity index (χ0n) is 17.3. The van der Waals surface area contributed by atoms with Crippen LogP contribution in [0.5, 0.6) is 0 Å². The minimum atomic E-state index is -1.53. The number of hydrogen-bond acceptors (Lipinski definition) is 3. The van der Waals surface area contributed by atoms with Gasteiger partial charge in [0.05, 0.1) is 10.7 Å². The lowest BCUT2D eigenvalue weighted by Crippen LogP contribution is -2.49. The van der Waals surface area contributed by atoms with Gasteiger partial charge in [0.2, 0.25) is 5.91 Å². The Morgan fingerprint density at radius 2 is 1.87 bits per heavy atom. The second-order valence-electron chi connectivity index (χ2n) is 9.41. The fraction of sp³-hybridized carbons (Fsp3) is 0.391. The number of rotatable bonds is 3. The first-order valence-corrected chi connectivity index (χ1v) is 10.4. The number of aliphatic carboxylic acids is 1. The monoisotopic (exact) mass is 448 g/mol. The summed E-state index contributed by atoms with van der Waals surface area (Å²) in [6.07, 6.45) is 0.402. The Hall–Kier alpha value is -2.51. The highest BCUT2D eigenvalue weighted by molar-refractivity contribution is 6.30. The lowest BCUT2D eigenvalue weighted by molar-refractivity contribution is -0.139. The molecule has 0 radical (unpaired) electrons. The lowest BCUT2D eigenvalue weighted by atomic mass is 9.62. The summed E-state index contributed by atoms with van der Waals surface area (Å²) in [5.74, 6) is -4.32. The van der Waals surface area contributed by atoms with E-state index >= 15 is 4.39 Å². The minimum absolute atomic E-state index is 0.00619. The number of carbonyl (C=O) groups excluding carboxylic acids is 1. The van der Waals surface area contributed by atoms with Gasteiger partial charge < -0.3 is 10.4 Å². The number of carboxylic acids is 1. The largest absolute Gasteiger partial charge is 0.480 e. The van der Waals surface area contributed by atoms with Crippen LogP contribution in [0.1, 0.15) is 44.2 Å². The first-order chi connectivity index (χ1) is 14.5. The number of halogens is 3. The molecule has 0 saturated carbocycles. The van der Waals surface area contributed by atoms with Crippen LogP contribution in [0.15, 0.2) is 36.4 Å². The quantitative estimate of drug-likeness (QED) is 0.648. The summed E-state index contributed by atoms with van der Waals surface area (Å²) in [5.41, 5.74) is -1.49. The number of anilines is 1. The molecule has 3 N–H and O–H groups in total. The second kappa shape index (κ2) is 7.28. The second-order valence-corrected chi connectivity index (χ2v) is 9.81. The molecule has 0 bridgehead atoms. The molecule has 4 rings (SSSR count). The first-order valence-electron chi connectivity index (χ1n) is 10.0. The molecule has 2 aliphatic rings. The summed E-state index contributed by atoms with van der Waals surface area (Å²) in [4.78, 5) is 25.9. The predicted octanol–water partition coefficient (Wildman–Crippen LogP) is 4.45. The molecular weight excluding hydrogens is 426 g/mol. The molecule has 4 unspecified atom stereocenters. The van der Waals surface area contributed by atoms with Crippen LogP contribution in [0, 0.1) is 17.0 Å². The summed E-state index contributed by atoms with van der Waals surface area (Å²) >= 11 is 6.02. The molecule has 2 heterocycles. The van der Waals surface area contributed by atoms with Gasteiger partial charge in [-0.05, 0) is 35.1 Å². The van der Waals surface area contributed by atoms with Crippen molar-refractivity contribution < 1.29 is 23.5 Å². The van der Waals surface area contributed by atoms with E-state index in [2.05, 4.69) is 10.6 Å². The van der Waals surface area contributed by atoms with E-state index in [4.69, 9.17) is 11.6 Å².